The number of alkyl carbamates (subject to hydrolysis) is 1. The van der Waals surface area contributed by atoms with Gasteiger partial charge in [-0.15, -0.1) is 0 Å². The fourth-order valence-corrected chi connectivity index (χ4v) is 3.36. The smallest absolute Gasteiger partial charge is 0.408 e. The van der Waals surface area contributed by atoms with Crippen molar-refractivity contribution in [1.82, 2.24) is 5.32 Å². The molecule has 2 atom stereocenters. The van der Waals surface area contributed by atoms with Gasteiger partial charge in [0.1, 0.15) is 17.4 Å². The SMILES string of the molecule is CCS(=O)(=O)[C@H]1C[C@]1(C=O)NC(=O)OC(C)(C)C. The molecule has 1 fully saturated rings. The van der Waals surface area contributed by atoms with Gasteiger partial charge >= 0.3 is 6.09 Å². The topological polar surface area (TPSA) is 89.5 Å². The third-order valence-electron chi connectivity index (χ3n) is 2.72. The molecule has 6 nitrogen and oxygen atoms in total. The number of rotatable bonds is 4. The monoisotopic (exact) mass is 277 g/mol. The van der Waals surface area contributed by atoms with E-state index in [-0.39, 0.29) is 12.2 Å². The van der Waals surface area contributed by atoms with E-state index < -0.39 is 32.3 Å². The maximum absolute atomic E-state index is 11.7. The van der Waals surface area contributed by atoms with Crippen LogP contribution in [0.15, 0.2) is 0 Å². The highest BCUT2D eigenvalue weighted by atomic mass is 32.2. The van der Waals surface area contributed by atoms with E-state index in [0.29, 0.717) is 6.29 Å². The van der Waals surface area contributed by atoms with Crippen molar-refractivity contribution in [3.05, 3.63) is 0 Å². The lowest BCUT2D eigenvalue weighted by Gasteiger charge is -2.21. The van der Waals surface area contributed by atoms with Crippen LogP contribution in [0.3, 0.4) is 0 Å². The summed E-state index contributed by atoms with van der Waals surface area (Å²) in [7, 11) is -3.34. The van der Waals surface area contributed by atoms with Gasteiger partial charge in [0.05, 0.1) is 5.25 Å². The molecule has 1 saturated carbocycles. The number of sulfone groups is 1. The maximum Gasteiger partial charge on any atom is 0.408 e. The van der Waals surface area contributed by atoms with Gasteiger partial charge in [-0.1, -0.05) is 6.92 Å². The molecule has 18 heavy (non-hydrogen) atoms. The number of nitrogens with one attached hydrogen (secondary N) is 1. The second-order valence-electron chi connectivity index (χ2n) is 5.43. The molecule has 0 aromatic heterocycles. The van der Waals surface area contributed by atoms with Gasteiger partial charge in [-0.05, 0) is 27.2 Å². The van der Waals surface area contributed by atoms with Crippen molar-refractivity contribution in [2.45, 2.75) is 50.5 Å². The van der Waals surface area contributed by atoms with Crippen molar-refractivity contribution < 1.29 is 22.7 Å². The Labute approximate surface area is 107 Å². The summed E-state index contributed by atoms with van der Waals surface area (Å²) in [5.74, 6) is -0.0523. The lowest BCUT2D eigenvalue weighted by Crippen LogP contribution is -2.45. The highest BCUT2D eigenvalue weighted by molar-refractivity contribution is 7.92. The van der Waals surface area contributed by atoms with E-state index in [1.807, 2.05) is 0 Å². The summed E-state index contributed by atoms with van der Waals surface area (Å²) in [5.41, 5.74) is -2.00. The molecule has 0 spiro atoms. The quantitative estimate of drug-likeness (QED) is 0.762. The first kappa shape index (κ1) is 14.9. The minimum Gasteiger partial charge on any atom is -0.444 e. The van der Waals surface area contributed by atoms with Crippen LogP contribution in [-0.4, -0.2) is 42.9 Å². The van der Waals surface area contributed by atoms with Gasteiger partial charge in [-0.25, -0.2) is 13.2 Å². The summed E-state index contributed by atoms with van der Waals surface area (Å²) in [6.45, 7) is 6.57. The zero-order valence-corrected chi connectivity index (χ0v) is 11.8. The molecule has 0 unspecified atom stereocenters. The van der Waals surface area contributed by atoms with E-state index in [1.165, 1.54) is 6.92 Å². The largest absolute Gasteiger partial charge is 0.444 e. The molecule has 0 heterocycles. The van der Waals surface area contributed by atoms with Crippen LogP contribution in [0, 0.1) is 0 Å². The zero-order valence-electron chi connectivity index (χ0n) is 11.0. The lowest BCUT2D eigenvalue weighted by atomic mass is 10.2. The molecule has 1 amide bonds. The summed E-state index contributed by atoms with van der Waals surface area (Å²) in [6.07, 6.45) is -0.177. The molecule has 7 heteroatoms. The highest BCUT2D eigenvalue weighted by Gasteiger charge is 2.62. The third-order valence-corrected chi connectivity index (χ3v) is 4.98. The number of carbonyl (C=O) groups is 2. The molecule has 0 aliphatic heterocycles. The Morgan fingerprint density at radius 3 is 2.44 bits per heavy atom. The molecule has 1 rings (SSSR count). The fraction of sp³-hybridized carbons (Fsp3) is 0.818. The second kappa shape index (κ2) is 4.53. The highest BCUT2D eigenvalue weighted by Crippen LogP contribution is 2.40. The van der Waals surface area contributed by atoms with E-state index >= 15 is 0 Å². The van der Waals surface area contributed by atoms with Gasteiger partial charge in [0.15, 0.2) is 9.84 Å². The molecule has 0 aromatic carbocycles. The number of hydrogen-bond acceptors (Lipinski definition) is 5. The van der Waals surface area contributed by atoms with Crippen LogP contribution < -0.4 is 5.32 Å². The van der Waals surface area contributed by atoms with Gasteiger partial charge in [0.25, 0.3) is 0 Å². The molecule has 0 radical (unpaired) electrons. The number of aldehydes is 1. The first-order valence-corrected chi connectivity index (χ1v) is 7.47. The maximum atomic E-state index is 11.7. The minimum atomic E-state index is -3.34. The summed E-state index contributed by atoms with van der Waals surface area (Å²) in [5, 5.41) is 1.52. The van der Waals surface area contributed by atoms with Crippen molar-refractivity contribution in [2.24, 2.45) is 0 Å². The standard InChI is InChI=1S/C11H19NO5S/c1-5-18(15,16)8-6-11(8,7-13)12-9(14)17-10(2,3)4/h7-8H,5-6H2,1-4H3,(H,12,14)/t8-,11+/m0/s1. The van der Waals surface area contributed by atoms with Crippen molar-refractivity contribution in [3.63, 3.8) is 0 Å². The average molecular weight is 277 g/mol. The first-order valence-electron chi connectivity index (χ1n) is 5.75. The Balaban J connectivity index is 2.72. The van der Waals surface area contributed by atoms with E-state index in [4.69, 9.17) is 4.74 Å². The molecule has 1 N–H and O–H groups in total. The second-order valence-corrected chi connectivity index (χ2v) is 7.90. The summed E-state index contributed by atoms with van der Waals surface area (Å²) in [6, 6.07) is 0. The molecular weight excluding hydrogens is 258 g/mol. The predicted molar refractivity (Wildman–Crippen MR) is 66.0 cm³/mol. The van der Waals surface area contributed by atoms with Gasteiger partial charge < -0.3 is 14.8 Å². The van der Waals surface area contributed by atoms with Crippen LogP contribution in [0.2, 0.25) is 0 Å². The summed E-state index contributed by atoms with van der Waals surface area (Å²) >= 11 is 0. The fourth-order valence-electron chi connectivity index (χ4n) is 1.68. The van der Waals surface area contributed by atoms with Gasteiger partial charge in [-0.3, -0.25) is 0 Å². The van der Waals surface area contributed by atoms with Crippen LogP contribution in [0.1, 0.15) is 34.1 Å². The van der Waals surface area contributed by atoms with Crippen LogP contribution in [0.25, 0.3) is 0 Å². The van der Waals surface area contributed by atoms with Crippen LogP contribution >= 0.6 is 0 Å². The third kappa shape index (κ3) is 3.22. The Hall–Kier alpha value is -1.11. The normalized spacial score (nSPS) is 27.4. The molecule has 1 aliphatic rings. The van der Waals surface area contributed by atoms with Crippen LogP contribution in [-0.2, 0) is 19.4 Å². The van der Waals surface area contributed by atoms with Gasteiger partial charge in [-0.2, -0.15) is 0 Å². The lowest BCUT2D eigenvalue weighted by molar-refractivity contribution is -0.110. The van der Waals surface area contributed by atoms with Crippen LogP contribution in [0.4, 0.5) is 4.79 Å². The number of hydrogen-bond donors (Lipinski definition) is 1. The van der Waals surface area contributed by atoms with E-state index in [9.17, 15) is 18.0 Å². The molecule has 0 bridgehead atoms. The number of amides is 1. The molecule has 104 valence electrons. The Morgan fingerprint density at radius 1 is 1.50 bits per heavy atom. The van der Waals surface area contributed by atoms with E-state index in [0.717, 1.165) is 0 Å². The van der Waals surface area contributed by atoms with Gasteiger partial charge in [0, 0.05) is 5.75 Å². The molecular formula is C11H19NO5S. The summed E-state index contributed by atoms with van der Waals surface area (Å²) < 4.78 is 28.3. The number of carbonyl (C=O) groups excluding carboxylic acids is 2. The molecule has 0 saturated heterocycles. The minimum absolute atomic E-state index is 0.0523. The van der Waals surface area contributed by atoms with E-state index in [2.05, 4.69) is 5.32 Å². The molecule has 0 aromatic rings. The summed E-state index contributed by atoms with van der Waals surface area (Å²) in [4.78, 5) is 22.6. The van der Waals surface area contributed by atoms with Crippen LogP contribution in [0.5, 0.6) is 0 Å². The van der Waals surface area contributed by atoms with Crippen molar-refractivity contribution >= 4 is 22.2 Å². The zero-order chi connectivity index (χ0) is 14.2. The van der Waals surface area contributed by atoms with E-state index in [1.54, 1.807) is 20.8 Å². The predicted octanol–water partition coefficient (Wildman–Crippen LogP) is 0.656. The average Bonchev–Trinajstić information content (AvgIpc) is 2.91. The molecule has 1 aliphatic carbocycles. The number of ether oxygens (including phenoxy) is 1. The van der Waals surface area contributed by atoms with Crippen molar-refractivity contribution in [1.29, 1.82) is 0 Å². The van der Waals surface area contributed by atoms with Crippen molar-refractivity contribution in [2.75, 3.05) is 5.75 Å². The Morgan fingerprint density at radius 2 is 2.06 bits per heavy atom. The Bertz CT molecular complexity index is 451. The first-order chi connectivity index (χ1) is 8.06. The van der Waals surface area contributed by atoms with Gasteiger partial charge in [0.2, 0.25) is 0 Å². The Kier molecular flexibility index (Phi) is 3.76. The van der Waals surface area contributed by atoms with Crippen molar-refractivity contribution in [3.8, 4) is 0 Å².